The van der Waals surface area contributed by atoms with Crippen LogP contribution in [0.2, 0.25) is 0 Å². The topological polar surface area (TPSA) is 87.9 Å². The Morgan fingerprint density at radius 2 is 2.00 bits per heavy atom. The molecule has 1 aromatic carbocycles. The highest BCUT2D eigenvalue weighted by molar-refractivity contribution is 7.11. The van der Waals surface area contributed by atoms with E-state index in [1.54, 1.807) is 22.2 Å². The molecule has 1 N–H and O–H groups in total. The maximum atomic E-state index is 15.3. The number of carbonyl (C=O) groups is 1. The van der Waals surface area contributed by atoms with Crippen molar-refractivity contribution in [3.63, 3.8) is 0 Å². The first-order chi connectivity index (χ1) is 18.2. The van der Waals surface area contributed by atoms with Crippen molar-refractivity contribution in [3.05, 3.63) is 85.7 Å². The molecule has 0 saturated heterocycles. The van der Waals surface area contributed by atoms with Crippen LogP contribution in [0.5, 0.6) is 11.5 Å². The molecule has 1 fully saturated rings. The second-order valence-corrected chi connectivity index (χ2v) is 11.2. The van der Waals surface area contributed by atoms with Gasteiger partial charge in [-0.25, -0.2) is 9.37 Å². The molecule has 2 aromatic heterocycles. The normalized spacial score (nSPS) is 20.9. The molecule has 1 atom stereocenters. The van der Waals surface area contributed by atoms with Crippen molar-refractivity contribution in [3.8, 4) is 11.5 Å². The Morgan fingerprint density at radius 3 is 2.68 bits per heavy atom. The van der Waals surface area contributed by atoms with E-state index in [-0.39, 0.29) is 30.6 Å². The number of halogens is 2. The number of hydrogen-bond donors (Lipinski definition) is 1. The fourth-order valence-electron chi connectivity index (χ4n) is 5.41. The minimum absolute atomic E-state index is 0.0279. The van der Waals surface area contributed by atoms with E-state index in [0.717, 1.165) is 17.5 Å². The van der Waals surface area contributed by atoms with Crippen LogP contribution in [-0.4, -0.2) is 44.4 Å². The fraction of sp³-hybridized carbons (Fsp3) is 0.370. The first-order valence-corrected chi connectivity index (χ1v) is 13.3. The van der Waals surface area contributed by atoms with E-state index in [4.69, 9.17) is 4.74 Å². The summed E-state index contributed by atoms with van der Waals surface area (Å²) in [5, 5.41) is 13.4. The third-order valence-electron chi connectivity index (χ3n) is 7.55. The molecule has 1 saturated carbocycles. The lowest BCUT2D eigenvalue weighted by atomic mass is 9.74. The second-order valence-electron chi connectivity index (χ2n) is 10.1. The summed E-state index contributed by atoms with van der Waals surface area (Å²) >= 11 is 1.42. The lowest BCUT2D eigenvalue weighted by Gasteiger charge is -2.53. The number of nitrogens with zero attached hydrogens (tertiary/aromatic N) is 4. The third-order valence-corrected chi connectivity index (χ3v) is 8.90. The highest BCUT2D eigenvalue weighted by Crippen LogP contribution is 2.45. The first kappa shape index (κ1) is 24.6. The predicted molar refractivity (Wildman–Crippen MR) is 137 cm³/mol. The van der Waals surface area contributed by atoms with Gasteiger partial charge < -0.3 is 14.7 Å². The Balaban J connectivity index is 1.66. The quantitative estimate of drug-likeness (QED) is 0.484. The molecule has 8 nitrogen and oxygen atoms in total. The number of rotatable bonds is 2. The predicted octanol–water partition coefficient (Wildman–Crippen LogP) is 4.42. The van der Waals surface area contributed by atoms with E-state index in [2.05, 4.69) is 4.98 Å². The molecule has 3 aromatic rings. The van der Waals surface area contributed by atoms with Gasteiger partial charge in [-0.3, -0.25) is 19.3 Å². The number of aromatic hydroxyl groups is 1. The van der Waals surface area contributed by atoms with Gasteiger partial charge in [0.2, 0.25) is 11.2 Å². The van der Waals surface area contributed by atoms with Crippen molar-refractivity contribution in [2.24, 2.45) is 0 Å². The molecule has 38 heavy (non-hydrogen) atoms. The number of amides is 1. The average Bonchev–Trinajstić information content (AvgIpc) is 3.34. The zero-order valence-electron chi connectivity index (χ0n) is 20.9. The van der Waals surface area contributed by atoms with Gasteiger partial charge in [-0.1, -0.05) is 19.9 Å². The molecule has 198 valence electrons. The number of ether oxygens (including phenoxy) is 1. The molecule has 1 aliphatic carbocycles. The number of pyridine rings is 1. The van der Waals surface area contributed by atoms with Crippen LogP contribution >= 0.6 is 11.3 Å². The van der Waals surface area contributed by atoms with Crippen molar-refractivity contribution in [2.75, 3.05) is 18.3 Å². The zero-order chi connectivity index (χ0) is 26.8. The molecule has 6 rings (SSSR count). The van der Waals surface area contributed by atoms with Gasteiger partial charge in [0.15, 0.2) is 23.0 Å². The minimum Gasteiger partial charge on any atom is -0.502 e. The van der Waals surface area contributed by atoms with Gasteiger partial charge in [-0.2, -0.15) is 4.39 Å². The Labute approximate surface area is 221 Å². The van der Waals surface area contributed by atoms with E-state index in [9.17, 15) is 19.1 Å². The van der Waals surface area contributed by atoms with Crippen molar-refractivity contribution in [1.29, 1.82) is 0 Å². The summed E-state index contributed by atoms with van der Waals surface area (Å²) in [6.07, 6.45) is 8.93. The van der Waals surface area contributed by atoms with Crippen LogP contribution in [0, 0.1) is 11.6 Å². The maximum Gasteiger partial charge on any atom is 0.278 e. The van der Waals surface area contributed by atoms with Crippen LogP contribution < -0.4 is 15.2 Å². The van der Waals surface area contributed by atoms with E-state index in [1.807, 2.05) is 19.9 Å². The summed E-state index contributed by atoms with van der Waals surface area (Å²) in [7, 11) is 0. The molecule has 1 spiro atoms. The molecular weight excluding hydrogens is 514 g/mol. The van der Waals surface area contributed by atoms with E-state index < -0.39 is 40.3 Å². The van der Waals surface area contributed by atoms with Gasteiger partial charge in [0, 0.05) is 29.9 Å². The van der Waals surface area contributed by atoms with E-state index in [1.165, 1.54) is 34.3 Å². The summed E-state index contributed by atoms with van der Waals surface area (Å²) in [5.74, 6) is -3.39. The average molecular weight is 541 g/mol. The number of aromatic nitrogens is 2. The van der Waals surface area contributed by atoms with Gasteiger partial charge >= 0.3 is 0 Å². The number of hydrogen-bond acceptors (Lipinski definition) is 7. The van der Waals surface area contributed by atoms with Crippen molar-refractivity contribution >= 4 is 17.2 Å². The highest BCUT2D eigenvalue weighted by atomic mass is 32.1. The number of benzene rings is 1. The Kier molecular flexibility index (Phi) is 5.78. The molecule has 0 radical (unpaired) electrons. The van der Waals surface area contributed by atoms with Gasteiger partial charge in [-0.15, -0.1) is 11.3 Å². The largest absolute Gasteiger partial charge is 0.502 e. The van der Waals surface area contributed by atoms with Crippen molar-refractivity contribution < 1.29 is 23.4 Å². The van der Waals surface area contributed by atoms with Gasteiger partial charge in [-0.05, 0) is 37.5 Å². The summed E-state index contributed by atoms with van der Waals surface area (Å²) in [6, 6.07) is 2.92. The summed E-state index contributed by atoms with van der Waals surface area (Å²) in [4.78, 5) is 33.2. The molecule has 2 aliphatic heterocycles. The third kappa shape index (κ3) is 3.63. The van der Waals surface area contributed by atoms with Gasteiger partial charge in [0.25, 0.3) is 5.91 Å². The molecule has 1 amide bonds. The van der Waals surface area contributed by atoms with E-state index in [0.29, 0.717) is 23.3 Å². The smallest absolute Gasteiger partial charge is 0.278 e. The molecule has 1 unspecified atom stereocenters. The van der Waals surface area contributed by atoms with Crippen molar-refractivity contribution in [2.45, 2.75) is 50.6 Å². The minimum atomic E-state index is -1.11. The van der Waals surface area contributed by atoms with Crippen LogP contribution in [0.4, 0.5) is 8.78 Å². The number of fused-ring (bicyclic) bond motifs is 6. The Hall–Kier alpha value is -3.73. The second kappa shape index (κ2) is 8.93. The maximum absolute atomic E-state index is 15.3. The number of thiazole rings is 1. The van der Waals surface area contributed by atoms with Crippen molar-refractivity contribution in [1.82, 2.24) is 14.6 Å². The Bertz CT molecular complexity index is 1530. The fourth-order valence-corrected chi connectivity index (χ4v) is 6.46. The van der Waals surface area contributed by atoms with Crippen LogP contribution in [-0.2, 0) is 0 Å². The molecule has 3 aliphatic rings. The standard InChI is InChI=1S/C27H26F2N4O4S/c1-15(2)25-30-13-19(38-25)21-16-5-6-17(28)20(29)24(16)37-12-4-10-27(8-3-9-27)31-14-33(21)32-11-7-18(34)23(35)22(32)26(31)36/h4-7,10-11,13,15,21,35H,3,8-9,12,14H2,1-2H3/b10-4+. The zero-order valence-corrected chi connectivity index (χ0v) is 21.7. The molecule has 11 heteroatoms. The van der Waals surface area contributed by atoms with Crippen LogP contribution in [0.1, 0.15) is 71.0 Å². The van der Waals surface area contributed by atoms with E-state index >= 15 is 4.39 Å². The summed E-state index contributed by atoms with van der Waals surface area (Å²) in [5.41, 5.74) is -1.18. The first-order valence-electron chi connectivity index (χ1n) is 12.5. The van der Waals surface area contributed by atoms with Crippen LogP contribution in [0.3, 0.4) is 0 Å². The SMILES string of the molecule is CC(C)c1ncc(C2c3ccc(F)c(F)c3OC/C=C/C3(CCC3)N3CN2n2ccc(=O)c(O)c2C3=O)s1. The Morgan fingerprint density at radius 1 is 1.21 bits per heavy atom. The lowest BCUT2D eigenvalue weighted by molar-refractivity contribution is 0.0256. The van der Waals surface area contributed by atoms with Gasteiger partial charge in [0.05, 0.1) is 15.4 Å². The highest BCUT2D eigenvalue weighted by Gasteiger charge is 2.49. The lowest BCUT2D eigenvalue weighted by Crippen LogP contribution is -2.64. The molecule has 2 bridgehead atoms. The molecular formula is C27H26F2N4O4S. The summed E-state index contributed by atoms with van der Waals surface area (Å²) < 4.78 is 37.0. The van der Waals surface area contributed by atoms with Gasteiger partial charge in [0.1, 0.15) is 19.3 Å². The number of carbonyl (C=O) groups excluding carboxylic acids is 1. The van der Waals surface area contributed by atoms with Crippen LogP contribution in [0.25, 0.3) is 0 Å². The van der Waals surface area contributed by atoms with Crippen LogP contribution in [0.15, 0.2) is 47.5 Å². The monoisotopic (exact) mass is 540 g/mol. The summed E-state index contributed by atoms with van der Waals surface area (Å²) in [6.45, 7) is 4.06. The molecule has 4 heterocycles.